The molecule has 0 aliphatic carbocycles. The highest BCUT2D eigenvalue weighted by atomic mass is 16.5. The van der Waals surface area contributed by atoms with E-state index in [0.717, 1.165) is 16.8 Å². The molecule has 2 N–H and O–H groups in total. The summed E-state index contributed by atoms with van der Waals surface area (Å²) in [5, 5.41) is 2.75. The Hall–Kier alpha value is -2.56. The van der Waals surface area contributed by atoms with E-state index in [1.54, 1.807) is 18.3 Å². The average Bonchev–Trinajstić information content (AvgIpc) is 2.94. The highest BCUT2D eigenvalue weighted by Gasteiger charge is 2.12. The van der Waals surface area contributed by atoms with E-state index in [4.69, 9.17) is 4.74 Å². The topological polar surface area (TPSA) is 71.2 Å². The number of nitrogens with one attached hydrogen (secondary N) is 2. The molecule has 1 aromatic carbocycles. The maximum absolute atomic E-state index is 11.8. The van der Waals surface area contributed by atoms with Gasteiger partial charge in [-0.1, -0.05) is 18.2 Å². The van der Waals surface area contributed by atoms with Gasteiger partial charge in [-0.25, -0.2) is 4.79 Å². The fourth-order valence-electron chi connectivity index (χ4n) is 1.85. The summed E-state index contributed by atoms with van der Waals surface area (Å²) in [6.45, 7) is 3.51. The Morgan fingerprint density at radius 1 is 1.15 bits per heavy atom. The summed E-state index contributed by atoms with van der Waals surface area (Å²) in [5.41, 5.74) is 3.02. The second-order valence-electron chi connectivity index (χ2n) is 4.47. The molecule has 0 saturated carbocycles. The Bertz CT molecular complexity index is 598. The Labute approximate surface area is 117 Å². The predicted molar refractivity (Wildman–Crippen MR) is 75.6 cm³/mol. The number of H-pyrrole nitrogens is 1. The maximum atomic E-state index is 11.8. The number of rotatable bonds is 4. The zero-order chi connectivity index (χ0) is 14.5. The van der Waals surface area contributed by atoms with Crippen LogP contribution in [-0.2, 0) is 9.53 Å². The van der Waals surface area contributed by atoms with E-state index in [0.29, 0.717) is 5.69 Å². The molecule has 0 aliphatic heterocycles. The molecule has 0 unspecified atom stereocenters. The highest BCUT2D eigenvalue weighted by molar-refractivity contribution is 5.95. The van der Waals surface area contributed by atoms with E-state index in [1.165, 1.54) is 0 Å². The lowest BCUT2D eigenvalue weighted by Crippen LogP contribution is -2.22. The normalized spacial score (nSPS) is 10.1. The second-order valence-corrected chi connectivity index (χ2v) is 4.47. The Morgan fingerprint density at radius 3 is 2.45 bits per heavy atom. The van der Waals surface area contributed by atoms with Crippen molar-refractivity contribution in [2.45, 2.75) is 13.8 Å². The zero-order valence-corrected chi connectivity index (χ0v) is 11.4. The van der Waals surface area contributed by atoms with E-state index >= 15 is 0 Å². The van der Waals surface area contributed by atoms with E-state index in [2.05, 4.69) is 10.3 Å². The number of amides is 1. The van der Waals surface area contributed by atoms with Crippen molar-refractivity contribution < 1.29 is 14.3 Å². The highest BCUT2D eigenvalue weighted by Crippen LogP contribution is 2.19. The van der Waals surface area contributed by atoms with Crippen LogP contribution in [0.15, 0.2) is 36.5 Å². The molecule has 5 nitrogen and oxygen atoms in total. The molecule has 104 valence electrons. The number of hydrogen-bond acceptors (Lipinski definition) is 3. The summed E-state index contributed by atoms with van der Waals surface area (Å²) < 4.78 is 4.92. The first-order valence-electron chi connectivity index (χ1n) is 6.24. The lowest BCUT2D eigenvalue weighted by molar-refractivity contribution is -0.119. The van der Waals surface area contributed by atoms with Crippen molar-refractivity contribution in [1.29, 1.82) is 0 Å². The molecule has 20 heavy (non-hydrogen) atoms. The molecule has 0 atom stereocenters. The molecule has 0 aliphatic rings. The van der Waals surface area contributed by atoms with Crippen LogP contribution >= 0.6 is 0 Å². The van der Waals surface area contributed by atoms with Gasteiger partial charge in [-0.2, -0.15) is 0 Å². The number of aromatic nitrogens is 1. The molecule has 2 aromatic rings. The summed E-state index contributed by atoms with van der Waals surface area (Å²) in [6.07, 6.45) is 1.62. The van der Waals surface area contributed by atoms with Gasteiger partial charge in [0.2, 0.25) is 0 Å². The number of benzene rings is 1. The van der Waals surface area contributed by atoms with Crippen LogP contribution in [0.25, 0.3) is 0 Å². The molecule has 0 saturated heterocycles. The van der Waals surface area contributed by atoms with Gasteiger partial charge < -0.3 is 15.0 Å². The van der Waals surface area contributed by atoms with Gasteiger partial charge in [-0.3, -0.25) is 4.79 Å². The summed E-state index contributed by atoms with van der Waals surface area (Å²) in [6, 6.07) is 9.02. The van der Waals surface area contributed by atoms with Gasteiger partial charge in [0.05, 0.1) is 0 Å². The third-order valence-corrected chi connectivity index (χ3v) is 2.90. The number of esters is 1. The van der Waals surface area contributed by atoms with Gasteiger partial charge in [-0.05, 0) is 37.1 Å². The van der Waals surface area contributed by atoms with Crippen molar-refractivity contribution in [3.05, 3.63) is 53.3 Å². The molecular weight excluding hydrogens is 256 g/mol. The molecule has 1 amide bonds. The monoisotopic (exact) mass is 272 g/mol. The van der Waals surface area contributed by atoms with Gasteiger partial charge in [0.15, 0.2) is 6.61 Å². The van der Waals surface area contributed by atoms with Gasteiger partial charge >= 0.3 is 5.97 Å². The van der Waals surface area contributed by atoms with Crippen molar-refractivity contribution in [1.82, 2.24) is 4.98 Å². The van der Waals surface area contributed by atoms with E-state index in [1.807, 2.05) is 32.0 Å². The minimum Gasteiger partial charge on any atom is -0.451 e. The SMILES string of the molecule is Cc1cccc(C)c1NC(=O)COC(=O)c1ccc[nH]1. The van der Waals surface area contributed by atoms with E-state index in [9.17, 15) is 9.59 Å². The van der Waals surface area contributed by atoms with Gasteiger partial charge in [0, 0.05) is 11.9 Å². The minimum absolute atomic E-state index is 0.314. The van der Waals surface area contributed by atoms with Crippen LogP contribution in [0.2, 0.25) is 0 Å². The smallest absolute Gasteiger partial charge is 0.355 e. The Morgan fingerprint density at radius 2 is 1.85 bits per heavy atom. The van der Waals surface area contributed by atoms with Gasteiger partial charge in [0.1, 0.15) is 5.69 Å². The number of ether oxygens (including phenoxy) is 1. The molecule has 0 fully saturated rings. The van der Waals surface area contributed by atoms with Crippen molar-refractivity contribution in [2.75, 3.05) is 11.9 Å². The molecule has 1 aromatic heterocycles. The van der Waals surface area contributed by atoms with Gasteiger partial charge in [-0.15, -0.1) is 0 Å². The largest absolute Gasteiger partial charge is 0.451 e. The van der Waals surface area contributed by atoms with E-state index in [-0.39, 0.29) is 12.5 Å². The van der Waals surface area contributed by atoms with Crippen LogP contribution in [0.1, 0.15) is 21.6 Å². The third-order valence-electron chi connectivity index (χ3n) is 2.90. The molecule has 0 radical (unpaired) electrons. The first kappa shape index (κ1) is 13.9. The van der Waals surface area contributed by atoms with Crippen molar-refractivity contribution in [3.8, 4) is 0 Å². The standard InChI is InChI=1S/C15H16N2O3/c1-10-5-3-6-11(2)14(10)17-13(18)9-20-15(19)12-7-4-8-16-12/h3-8,16H,9H2,1-2H3,(H,17,18). The Balaban J connectivity index is 1.92. The maximum Gasteiger partial charge on any atom is 0.355 e. The Kier molecular flexibility index (Phi) is 4.20. The van der Waals surface area contributed by atoms with Crippen LogP contribution in [0.3, 0.4) is 0 Å². The van der Waals surface area contributed by atoms with Crippen LogP contribution in [-0.4, -0.2) is 23.5 Å². The number of hydrogen-bond donors (Lipinski definition) is 2. The van der Waals surface area contributed by atoms with Crippen LogP contribution in [0, 0.1) is 13.8 Å². The minimum atomic E-state index is -0.549. The van der Waals surface area contributed by atoms with Crippen molar-refractivity contribution >= 4 is 17.6 Å². The molecule has 1 heterocycles. The summed E-state index contributed by atoms with van der Waals surface area (Å²) in [4.78, 5) is 26.1. The molecule has 5 heteroatoms. The van der Waals surface area contributed by atoms with Crippen LogP contribution in [0.4, 0.5) is 5.69 Å². The van der Waals surface area contributed by atoms with Crippen molar-refractivity contribution in [3.63, 3.8) is 0 Å². The molecule has 0 bridgehead atoms. The van der Waals surface area contributed by atoms with Crippen LogP contribution in [0.5, 0.6) is 0 Å². The summed E-state index contributed by atoms with van der Waals surface area (Å²) in [7, 11) is 0. The molecule has 0 spiro atoms. The average molecular weight is 272 g/mol. The summed E-state index contributed by atoms with van der Waals surface area (Å²) >= 11 is 0. The fourth-order valence-corrected chi connectivity index (χ4v) is 1.85. The van der Waals surface area contributed by atoms with Crippen molar-refractivity contribution in [2.24, 2.45) is 0 Å². The second kappa shape index (κ2) is 6.06. The number of carbonyl (C=O) groups excluding carboxylic acids is 2. The predicted octanol–water partition coefficient (Wildman–Crippen LogP) is 2.43. The zero-order valence-electron chi connectivity index (χ0n) is 11.4. The number of carbonyl (C=O) groups is 2. The number of aryl methyl sites for hydroxylation is 2. The lowest BCUT2D eigenvalue weighted by Gasteiger charge is -2.11. The first-order chi connectivity index (χ1) is 9.58. The fraction of sp³-hybridized carbons (Fsp3) is 0.200. The van der Waals surface area contributed by atoms with E-state index < -0.39 is 5.97 Å². The van der Waals surface area contributed by atoms with Crippen LogP contribution < -0.4 is 5.32 Å². The summed E-state index contributed by atoms with van der Waals surface area (Å²) in [5.74, 6) is -0.908. The molecule has 2 rings (SSSR count). The third kappa shape index (κ3) is 3.26. The van der Waals surface area contributed by atoms with Gasteiger partial charge in [0.25, 0.3) is 5.91 Å². The number of aromatic amines is 1. The molecular formula is C15H16N2O3. The lowest BCUT2D eigenvalue weighted by atomic mass is 10.1. The number of anilines is 1. The quantitative estimate of drug-likeness (QED) is 0.840. The first-order valence-corrected chi connectivity index (χ1v) is 6.24. The number of para-hydroxylation sites is 1.